The van der Waals surface area contributed by atoms with Crippen molar-refractivity contribution in [3.8, 4) is 11.5 Å². The minimum Gasteiger partial charge on any atom is -0.493 e. The molecule has 0 radical (unpaired) electrons. The minimum absolute atomic E-state index is 0.650. The number of hydrogen-bond donors (Lipinski definition) is 1. The Kier molecular flexibility index (Phi) is 6.58. The number of benzene rings is 1. The maximum atomic E-state index is 5.90. The number of hydrogen-bond acceptors (Lipinski definition) is 3. The smallest absolute Gasteiger partial charge is 0.165 e. The van der Waals surface area contributed by atoms with Gasteiger partial charge in [-0.05, 0) is 24.9 Å². The van der Waals surface area contributed by atoms with Crippen LogP contribution in [-0.2, 0) is 6.54 Å². The second-order valence-electron chi connectivity index (χ2n) is 4.76. The average Bonchev–Trinajstić information content (AvgIpc) is 2.36. The Balaban J connectivity index is 2.75. The highest BCUT2D eigenvalue weighted by molar-refractivity contribution is 5.46. The Labute approximate surface area is 110 Å². The first-order valence-electron chi connectivity index (χ1n) is 6.68. The third kappa shape index (κ3) is 4.57. The Morgan fingerprint density at radius 3 is 2.67 bits per heavy atom. The molecule has 1 rings (SSSR count). The molecule has 18 heavy (non-hydrogen) atoms. The largest absolute Gasteiger partial charge is 0.493 e. The molecule has 1 aromatic rings. The van der Waals surface area contributed by atoms with Gasteiger partial charge in [-0.1, -0.05) is 32.9 Å². The zero-order chi connectivity index (χ0) is 13.4. The monoisotopic (exact) mass is 251 g/mol. The normalized spacial score (nSPS) is 10.7. The molecule has 0 bridgehead atoms. The van der Waals surface area contributed by atoms with Crippen LogP contribution in [0.15, 0.2) is 18.2 Å². The van der Waals surface area contributed by atoms with Crippen LogP contribution in [-0.4, -0.2) is 20.3 Å². The maximum absolute atomic E-state index is 5.90. The highest BCUT2D eigenvalue weighted by Crippen LogP contribution is 2.31. The molecule has 3 heteroatoms. The van der Waals surface area contributed by atoms with Gasteiger partial charge in [-0.25, -0.2) is 0 Å². The molecule has 0 amide bonds. The molecular weight excluding hydrogens is 226 g/mol. The fraction of sp³-hybridized carbons (Fsp3) is 0.600. The highest BCUT2D eigenvalue weighted by Gasteiger charge is 2.10. The van der Waals surface area contributed by atoms with Crippen LogP contribution in [0, 0.1) is 5.92 Å². The van der Waals surface area contributed by atoms with E-state index in [1.54, 1.807) is 7.11 Å². The van der Waals surface area contributed by atoms with Gasteiger partial charge in [-0.2, -0.15) is 0 Å². The number of methoxy groups -OCH3 is 1. The average molecular weight is 251 g/mol. The number of para-hydroxylation sites is 1. The zero-order valence-electron chi connectivity index (χ0n) is 12.0. The van der Waals surface area contributed by atoms with Crippen LogP contribution >= 0.6 is 0 Å². The van der Waals surface area contributed by atoms with E-state index in [0.717, 1.165) is 43.2 Å². The van der Waals surface area contributed by atoms with E-state index in [0.29, 0.717) is 5.92 Å². The quantitative estimate of drug-likeness (QED) is 0.769. The summed E-state index contributed by atoms with van der Waals surface area (Å²) in [4.78, 5) is 0. The first-order chi connectivity index (χ1) is 8.69. The lowest BCUT2D eigenvalue weighted by Crippen LogP contribution is -2.13. The van der Waals surface area contributed by atoms with E-state index in [2.05, 4.69) is 32.2 Å². The van der Waals surface area contributed by atoms with Crippen molar-refractivity contribution in [3.63, 3.8) is 0 Å². The summed E-state index contributed by atoms with van der Waals surface area (Å²) in [6.45, 7) is 8.99. The number of nitrogens with one attached hydrogen (secondary N) is 1. The second kappa shape index (κ2) is 7.98. The fourth-order valence-corrected chi connectivity index (χ4v) is 1.68. The summed E-state index contributed by atoms with van der Waals surface area (Å²) in [6.07, 6.45) is 1.05. The first-order valence-corrected chi connectivity index (χ1v) is 6.68. The van der Waals surface area contributed by atoms with Crippen molar-refractivity contribution < 1.29 is 9.47 Å². The van der Waals surface area contributed by atoms with E-state index in [1.807, 2.05) is 12.1 Å². The molecule has 102 valence electrons. The third-order valence-corrected chi connectivity index (χ3v) is 2.79. The van der Waals surface area contributed by atoms with Crippen LogP contribution in [0.3, 0.4) is 0 Å². The SMILES string of the molecule is CCNCc1cccc(OC)c1OCCC(C)C. The molecule has 0 unspecified atom stereocenters. The standard InChI is InChI=1S/C15H25NO2/c1-5-16-11-13-7-6-8-14(17-4)15(13)18-10-9-12(2)3/h6-8,12,16H,5,9-11H2,1-4H3. The van der Waals surface area contributed by atoms with Crippen molar-refractivity contribution in [1.82, 2.24) is 5.32 Å². The van der Waals surface area contributed by atoms with Crippen molar-refractivity contribution in [1.29, 1.82) is 0 Å². The molecule has 0 spiro atoms. The summed E-state index contributed by atoms with van der Waals surface area (Å²) in [5.41, 5.74) is 1.15. The molecule has 0 heterocycles. The van der Waals surface area contributed by atoms with Gasteiger partial charge < -0.3 is 14.8 Å². The first kappa shape index (κ1) is 14.8. The van der Waals surface area contributed by atoms with Crippen LogP contribution in [0.25, 0.3) is 0 Å². The van der Waals surface area contributed by atoms with Gasteiger partial charge in [0.2, 0.25) is 0 Å². The summed E-state index contributed by atoms with van der Waals surface area (Å²) in [6, 6.07) is 6.02. The van der Waals surface area contributed by atoms with E-state index < -0.39 is 0 Å². The summed E-state index contributed by atoms with van der Waals surface area (Å²) in [7, 11) is 1.68. The number of rotatable bonds is 8. The van der Waals surface area contributed by atoms with Gasteiger partial charge in [0, 0.05) is 12.1 Å². The second-order valence-corrected chi connectivity index (χ2v) is 4.76. The molecular formula is C15H25NO2. The molecule has 0 aliphatic heterocycles. The Morgan fingerprint density at radius 2 is 2.06 bits per heavy atom. The van der Waals surface area contributed by atoms with Gasteiger partial charge in [-0.15, -0.1) is 0 Å². The van der Waals surface area contributed by atoms with E-state index in [1.165, 1.54) is 0 Å². The van der Waals surface area contributed by atoms with Crippen molar-refractivity contribution >= 4 is 0 Å². The highest BCUT2D eigenvalue weighted by atomic mass is 16.5. The molecule has 0 aliphatic carbocycles. The summed E-state index contributed by atoms with van der Waals surface area (Å²) in [5, 5.41) is 3.32. The predicted octanol–water partition coefficient (Wildman–Crippen LogP) is 3.23. The van der Waals surface area contributed by atoms with Crippen LogP contribution < -0.4 is 14.8 Å². The molecule has 3 nitrogen and oxygen atoms in total. The van der Waals surface area contributed by atoms with Crippen LogP contribution in [0.5, 0.6) is 11.5 Å². The van der Waals surface area contributed by atoms with Crippen molar-refractivity contribution in [3.05, 3.63) is 23.8 Å². The van der Waals surface area contributed by atoms with Crippen molar-refractivity contribution in [2.24, 2.45) is 5.92 Å². The van der Waals surface area contributed by atoms with E-state index in [4.69, 9.17) is 9.47 Å². The van der Waals surface area contributed by atoms with Crippen molar-refractivity contribution in [2.45, 2.75) is 33.7 Å². The molecule has 1 aromatic carbocycles. The van der Waals surface area contributed by atoms with Gasteiger partial charge in [0.15, 0.2) is 11.5 Å². The molecule has 0 saturated heterocycles. The molecule has 1 N–H and O–H groups in total. The topological polar surface area (TPSA) is 30.5 Å². The maximum Gasteiger partial charge on any atom is 0.165 e. The summed E-state index contributed by atoms with van der Waals surface area (Å²) >= 11 is 0. The fourth-order valence-electron chi connectivity index (χ4n) is 1.68. The Bertz CT molecular complexity index is 350. The van der Waals surface area contributed by atoms with Crippen LogP contribution in [0.4, 0.5) is 0 Å². The summed E-state index contributed by atoms with van der Waals surface area (Å²) in [5.74, 6) is 2.34. The lowest BCUT2D eigenvalue weighted by Gasteiger charge is -2.16. The zero-order valence-corrected chi connectivity index (χ0v) is 12.0. The summed E-state index contributed by atoms with van der Waals surface area (Å²) < 4.78 is 11.3. The number of ether oxygens (including phenoxy) is 2. The van der Waals surface area contributed by atoms with Gasteiger partial charge >= 0.3 is 0 Å². The van der Waals surface area contributed by atoms with Gasteiger partial charge in [0.05, 0.1) is 13.7 Å². The molecule has 0 saturated carbocycles. The van der Waals surface area contributed by atoms with Gasteiger partial charge in [0.1, 0.15) is 0 Å². The molecule has 0 aromatic heterocycles. The lowest BCUT2D eigenvalue weighted by molar-refractivity contribution is 0.270. The molecule has 0 fully saturated rings. The molecule has 0 atom stereocenters. The van der Waals surface area contributed by atoms with Crippen LogP contribution in [0.2, 0.25) is 0 Å². The van der Waals surface area contributed by atoms with Gasteiger partial charge in [0.25, 0.3) is 0 Å². The van der Waals surface area contributed by atoms with Crippen molar-refractivity contribution in [2.75, 3.05) is 20.3 Å². The third-order valence-electron chi connectivity index (χ3n) is 2.79. The lowest BCUT2D eigenvalue weighted by atomic mass is 10.1. The van der Waals surface area contributed by atoms with Crippen LogP contribution in [0.1, 0.15) is 32.8 Å². The van der Waals surface area contributed by atoms with E-state index in [-0.39, 0.29) is 0 Å². The Hall–Kier alpha value is -1.22. The predicted molar refractivity (Wildman–Crippen MR) is 75.3 cm³/mol. The van der Waals surface area contributed by atoms with E-state index >= 15 is 0 Å². The Morgan fingerprint density at radius 1 is 1.28 bits per heavy atom. The van der Waals surface area contributed by atoms with Gasteiger partial charge in [-0.3, -0.25) is 0 Å². The van der Waals surface area contributed by atoms with E-state index in [9.17, 15) is 0 Å². The molecule has 0 aliphatic rings. The minimum atomic E-state index is 0.650.